The molecule has 21 heavy (non-hydrogen) atoms. The lowest BCUT2D eigenvalue weighted by molar-refractivity contribution is 0.204. The predicted octanol–water partition coefficient (Wildman–Crippen LogP) is 4.37. The quantitative estimate of drug-likeness (QED) is 0.733. The number of aliphatic hydroxyl groups excluding tert-OH is 1. The van der Waals surface area contributed by atoms with E-state index < -0.39 is 6.10 Å². The molecule has 1 N–H and O–H groups in total. The average Bonchev–Trinajstić information content (AvgIpc) is 3.19. The molecule has 0 saturated heterocycles. The fraction of sp³-hybridized carbons (Fsp3) is 0.188. The molecule has 0 aliphatic carbocycles. The van der Waals surface area contributed by atoms with Crippen LogP contribution in [0.25, 0.3) is 10.6 Å². The summed E-state index contributed by atoms with van der Waals surface area (Å²) >= 11 is 3.29. The van der Waals surface area contributed by atoms with Gasteiger partial charge in [-0.05, 0) is 17.0 Å². The van der Waals surface area contributed by atoms with Crippen LogP contribution in [-0.4, -0.2) is 16.0 Å². The van der Waals surface area contributed by atoms with E-state index in [2.05, 4.69) is 5.16 Å². The van der Waals surface area contributed by atoms with Gasteiger partial charge in [0.1, 0.15) is 0 Å². The molecule has 0 spiro atoms. The van der Waals surface area contributed by atoms with Gasteiger partial charge in [-0.2, -0.15) is 11.8 Å². The summed E-state index contributed by atoms with van der Waals surface area (Å²) in [7, 11) is 0. The highest BCUT2D eigenvalue weighted by Crippen LogP contribution is 2.27. The van der Waals surface area contributed by atoms with Gasteiger partial charge in [0.05, 0.1) is 16.7 Å². The first kappa shape index (κ1) is 14.4. The summed E-state index contributed by atoms with van der Waals surface area (Å²) < 4.78 is 5.34. The molecule has 0 saturated carbocycles. The van der Waals surface area contributed by atoms with Crippen molar-refractivity contribution in [3.05, 3.63) is 65.2 Å². The maximum absolute atomic E-state index is 10.1. The van der Waals surface area contributed by atoms with Gasteiger partial charge in [-0.25, -0.2) is 0 Å². The molecule has 0 aliphatic rings. The zero-order chi connectivity index (χ0) is 14.5. The molecule has 0 unspecified atom stereocenters. The highest BCUT2D eigenvalue weighted by atomic mass is 32.2. The molecule has 0 radical (unpaired) electrons. The Hall–Kier alpha value is -1.56. The molecule has 0 aliphatic heterocycles. The normalized spacial score (nSPS) is 12.4. The number of thioether (sulfide) groups is 1. The van der Waals surface area contributed by atoms with E-state index in [1.165, 1.54) is 0 Å². The molecule has 5 heteroatoms. The summed E-state index contributed by atoms with van der Waals surface area (Å²) in [5.74, 6) is 2.19. The largest absolute Gasteiger partial charge is 0.388 e. The Balaban J connectivity index is 1.52. The van der Waals surface area contributed by atoms with E-state index in [0.717, 1.165) is 27.6 Å². The number of aromatic nitrogens is 1. The minimum atomic E-state index is -0.445. The Morgan fingerprint density at radius 1 is 1.19 bits per heavy atom. The van der Waals surface area contributed by atoms with Crippen LogP contribution in [0.4, 0.5) is 0 Å². The van der Waals surface area contributed by atoms with Crippen molar-refractivity contribution in [2.75, 3.05) is 5.75 Å². The van der Waals surface area contributed by atoms with E-state index in [9.17, 15) is 5.11 Å². The first-order valence-electron chi connectivity index (χ1n) is 6.63. The smallest absolute Gasteiger partial charge is 0.177 e. The van der Waals surface area contributed by atoms with Gasteiger partial charge in [-0.3, -0.25) is 0 Å². The number of aliphatic hydroxyl groups is 1. The van der Waals surface area contributed by atoms with Gasteiger partial charge in [0, 0.05) is 17.6 Å². The third kappa shape index (κ3) is 3.75. The van der Waals surface area contributed by atoms with E-state index >= 15 is 0 Å². The minimum Gasteiger partial charge on any atom is -0.388 e. The fourth-order valence-corrected chi connectivity index (χ4v) is 3.51. The SMILES string of the molecule is O[C@H](CSCc1cc(-c2cccs2)on1)c1ccccc1. The highest BCUT2D eigenvalue weighted by Gasteiger charge is 2.10. The molecule has 1 atom stereocenters. The van der Waals surface area contributed by atoms with Crippen molar-refractivity contribution >= 4 is 23.1 Å². The van der Waals surface area contributed by atoms with Crippen molar-refractivity contribution in [2.24, 2.45) is 0 Å². The first-order valence-corrected chi connectivity index (χ1v) is 8.66. The maximum Gasteiger partial charge on any atom is 0.177 e. The van der Waals surface area contributed by atoms with Crippen molar-refractivity contribution in [3.8, 4) is 10.6 Å². The second kappa shape index (κ2) is 6.93. The number of benzene rings is 1. The van der Waals surface area contributed by atoms with E-state index in [4.69, 9.17) is 4.52 Å². The molecule has 0 bridgehead atoms. The van der Waals surface area contributed by atoms with Gasteiger partial charge in [0.2, 0.25) is 0 Å². The lowest BCUT2D eigenvalue weighted by Crippen LogP contribution is -2.00. The van der Waals surface area contributed by atoms with Gasteiger partial charge in [0.15, 0.2) is 5.76 Å². The third-order valence-electron chi connectivity index (χ3n) is 3.03. The third-order valence-corrected chi connectivity index (χ3v) is 4.97. The van der Waals surface area contributed by atoms with Crippen LogP contribution >= 0.6 is 23.1 Å². The number of rotatable bonds is 6. The molecule has 3 rings (SSSR count). The molecule has 3 aromatic rings. The van der Waals surface area contributed by atoms with Crippen LogP contribution < -0.4 is 0 Å². The van der Waals surface area contributed by atoms with Crippen molar-refractivity contribution < 1.29 is 9.63 Å². The van der Waals surface area contributed by atoms with Gasteiger partial charge in [-0.15, -0.1) is 11.3 Å². The van der Waals surface area contributed by atoms with Gasteiger partial charge in [0.25, 0.3) is 0 Å². The maximum atomic E-state index is 10.1. The topological polar surface area (TPSA) is 46.3 Å². The molecule has 2 heterocycles. The molecule has 2 aromatic heterocycles. The van der Waals surface area contributed by atoms with E-state index in [1.54, 1.807) is 23.1 Å². The predicted molar refractivity (Wildman–Crippen MR) is 87.4 cm³/mol. The molecule has 1 aromatic carbocycles. The molecule has 0 amide bonds. The average molecular weight is 317 g/mol. The Labute approximate surface area is 131 Å². The minimum absolute atomic E-state index is 0.445. The number of hydrogen-bond acceptors (Lipinski definition) is 5. The summed E-state index contributed by atoms with van der Waals surface area (Å²) in [5.41, 5.74) is 1.85. The van der Waals surface area contributed by atoms with Crippen LogP contribution in [0.1, 0.15) is 17.4 Å². The van der Waals surface area contributed by atoms with Crippen LogP contribution in [0.3, 0.4) is 0 Å². The van der Waals surface area contributed by atoms with Crippen LogP contribution in [-0.2, 0) is 5.75 Å². The second-order valence-corrected chi connectivity index (χ2v) is 6.58. The zero-order valence-electron chi connectivity index (χ0n) is 11.3. The molecule has 3 nitrogen and oxygen atoms in total. The van der Waals surface area contributed by atoms with Crippen molar-refractivity contribution in [1.82, 2.24) is 5.16 Å². The molecule has 0 fully saturated rings. The van der Waals surface area contributed by atoms with E-state index in [-0.39, 0.29) is 0 Å². The van der Waals surface area contributed by atoms with Gasteiger partial charge >= 0.3 is 0 Å². The Kier molecular flexibility index (Phi) is 4.75. The summed E-state index contributed by atoms with van der Waals surface area (Å²) in [6.45, 7) is 0. The lowest BCUT2D eigenvalue weighted by atomic mass is 10.1. The van der Waals surface area contributed by atoms with Crippen molar-refractivity contribution in [2.45, 2.75) is 11.9 Å². The Morgan fingerprint density at radius 2 is 2.05 bits per heavy atom. The van der Waals surface area contributed by atoms with E-state index in [1.807, 2.05) is 53.9 Å². The van der Waals surface area contributed by atoms with E-state index in [0.29, 0.717) is 5.75 Å². The lowest BCUT2D eigenvalue weighted by Gasteiger charge is -2.09. The zero-order valence-corrected chi connectivity index (χ0v) is 12.9. The molecule has 108 valence electrons. The standard InChI is InChI=1S/C16H15NO2S2/c18-14(12-5-2-1-3-6-12)11-20-10-13-9-15(19-17-13)16-7-4-8-21-16/h1-9,14,18H,10-11H2/t14-/m1/s1. The first-order chi connectivity index (χ1) is 10.3. The van der Waals surface area contributed by atoms with Crippen LogP contribution in [0.2, 0.25) is 0 Å². The summed E-state index contributed by atoms with van der Waals surface area (Å²) in [5, 5.41) is 16.2. The number of thiophene rings is 1. The summed E-state index contributed by atoms with van der Waals surface area (Å²) in [4.78, 5) is 1.09. The molecular formula is C16H15NO2S2. The molecular weight excluding hydrogens is 302 g/mol. The van der Waals surface area contributed by atoms with Gasteiger partial charge in [-0.1, -0.05) is 41.6 Å². The second-order valence-electron chi connectivity index (χ2n) is 4.60. The van der Waals surface area contributed by atoms with Crippen LogP contribution in [0, 0.1) is 0 Å². The monoisotopic (exact) mass is 317 g/mol. The highest BCUT2D eigenvalue weighted by molar-refractivity contribution is 7.98. The fourth-order valence-electron chi connectivity index (χ4n) is 1.96. The number of nitrogens with zero attached hydrogens (tertiary/aromatic N) is 1. The van der Waals surface area contributed by atoms with Crippen LogP contribution in [0.15, 0.2) is 58.4 Å². The van der Waals surface area contributed by atoms with Crippen molar-refractivity contribution in [3.63, 3.8) is 0 Å². The van der Waals surface area contributed by atoms with Crippen LogP contribution in [0.5, 0.6) is 0 Å². The Bertz CT molecular complexity index is 665. The summed E-state index contributed by atoms with van der Waals surface area (Å²) in [6, 6.07) is 15.7. The Morgan fingerprint density at radius 3 is 2.81 bits per heavy atom. The number of hydrogen-bond donors (Lipinski definition) is 1. The van der Waals surface area contributed by atoms with Gasteiger partial charge < -0.3 is 9.63 Å². The van der Waals surface area contributed by atoms with Crippen molar-refractivity contribution in [1.29, 1.82) is 0 Å². The summed E-state index contributed by atoms with van der Waals surface area (Å²) in [6.07, 6.45) is -0.445.